The maximum atomic E-state index is 12.2. The van der Waals surface area contributed by atoms with Gasteiger partial charge in [0.1, 0.15) is 6.04 Å². The van der Waals surface area contributed by atoms with E-state index < -0.39 is 28.2 Å². The van der Waals surface area contributed by atoms with Crippen LogP contribution in [0.1, 0.15) is 32.6 Å². The summed E-state index contributed by atoms with van der Waals surface area (Å²) in [6.45, 7) is 2.70. The molecule has 0 aromatic heterocycles. The van der Waals surface area contributed by atoms with E-state index in [9.17, 15) is 18.0 Å². The Kier molecular flexibility index (Phi) is 6.56. The topological polar surface area (TPSA) is 113 Å². The number of piperidine rings is 1. The minimum Gasteiger partial charge on any atom is -0.480 e. The first-order valence-electron chi connectivity index (χ1n) is 6.83. The van der Waals surface area contributed by atoms with Crippen LogP contribution in [0.15, 0.2) is 0 Å². The quantitative estimate of drug-likeness (QED) is 0.636. The van der Waals surface area contributed by atoms with Gasteiger partial charge in [-0.15, -0.1) is 0 Å². The van der Waals surface area contributed by atoms with Crippen LogP contribution in [0.4, 0.5) is 0 Å². The molecule has 0 aromatic carbocycles. The van der Waals surface area contributed by atoms with Gasteiger partial charge >= 0.3 is 11.9 Å². The van der Waals surface area contributed by atoms with Crippen LogP contribution in [0, 0.1) is 5.92 Å². The molecule has 2 atom stereocenters. The minimum atomic E-state index is -3.86. The molecule has 1 heterocycles. The van der Waals surface area contributed by atoms with Crippen molar-refractivity contribution in [3.05, 3.63) is 0 Å². The molecule has 1 aliphatic heterocycles. The van der Waals surface area contributed by atoms with Gasteiger partial charge in [-0.05, 0) is 25.2 Å². The maximum absolute atomic E-state index is 12.2. The molecule has 8 nitrogen and oxygen atoms in total. The van der Waals surface area contributed by atoms with Crippen molar-refractivity contribution in [2.75, 3.05) is 20.2 Å². The number of carboxylic acids is 1. The third-order valence-corrected chi connectivity index (χ3v) is 5.01. The second-order valence-corrected chi connectivity index (χ2v) is 6.94. The van der Waals surface area contributed by atoms with E-state index in [2.05, 4.69) is 9.46 Å². The molecule has 0 radical (unpaired) electrons. The van der Waals surface area contributed by atoms with Crippen molar-refractivity contribution in [2.24, 2.45) is 5.92 Å². The van der Waals surface area contributed by atoms with Gasteiger partial charge in [-0.2, -0.15) is 17.4 Å². The fraction of sp³-hybridized carbons (Fsp3) is 0.833. The number of methoxy groups -OCH3 is 1. The molecule has 0 amide bonds. The molecule has 1 aliphatic rings. The fourth-order valence-corrected chi connectivity index (χ4v) is 3.76. The van der Waals surface area contributed by atoms with Crippen molar-refractivity contribution in [1.82, 2.24) is 9.03 Å². The molecule has 0 bridgehead atoms. The monoisotopic (exact) mass is 322 g/mol. The van der Waals surface area contributed by atoms with Crippen molar-refractivity contribution in [3.8, 4) is 0 Å². The molecule has 122 valence electrons. The number of carboxylic acid groups (broad SMARTS) is 1. The standard InChI is InChI=1S/C12H22N2O6S/c1-9-4-3-7-14(8-9)21(18,19)13-10(12(16)17)5-6-11(15)20-2/h9-10,13H,3-8H2,1-2H3,(H,16,17). The molecular formula is C12H22N2O6S. The molecule has 1 rings (SSSR count). The molecular weight excluding hydrogens is 300 g/mol. The Morgan fingerprint density at radius 3 is 2.67 bits per heavy atom. The van der Waals surface area contributed by atoms with E-state index in [0.717, 1.165) is 12.8 Å². The average molecular weight is 322 g/mol. The number of carbonyl (C=O) groups is 2. The van der Waals surface area contributed by atoms with Gasteiger partial charge in [0.2, 0.25) is 0 Å². The number of nitrogens with one attached hydrogen (secondary N) is 1. The fourth-order valence-electron chi connectivity index (χ4n) is 2.22. The highest BCUT2D eigenvalue weighted by Gasteiger charge is 2.31. The van der Waals surface area contributed by atoms with E-state index in [1.54, 1.807) is 0 Å². The summed E-state index contributed by atoms with van der Waals surface area (Å²) in [7, 11) is -2.67. The van der Waals surface area contributed by atoms with Gasteiger partial charge in [0.05, 0.1) is 7.11 Å². The van der Waals surface area contributed by atoms with Crippen LogP contribution in [0.5, 0.6) is 0 Å². The van der Waals surface area contributed by atoms with Crippen molar-refractivity contribution < 1.29 is 27.9 Å². The molecule has 9 heteroatoms. The van der Waals surface area contributed by atoms with Crippen LogP contribution < -0.4 is 4.72 Å². The molecule has 0 aromatic rings. The Bertz CT molecular complexity index is 478. The zero-order chi connectivity index (χ0) is 16.0. The van der Waals surface area contributed by atoms with Gasteiger partial charge in [0, 0.05) is 19.5 Å². The number of nitrogens with zero attached hydrogens (tertiary/aromatic N) is 1. The number of hydrogen-bond donors (Lipinski definition) is 2. The second kappa shape index (κ2) is 7.71. The lowest BCUT2D eigenvalue weighted by molar-refractivity contribution is -0.142. The highest BCUT2D eigenvalue weighted by molar-refractivity contribution is 7.87. The van der Waals surface area contributed by atoms with E-state index in [4.69, 9.17) is 5.11 Å². The van der Waals surface area contributed by atoms with Crippen molar-refractivity contribution >= 4 is 22.1 Å². The first kappa shape index (κ1) is 17.9. The second-order valence-electron chi connectivity index (χ2n) is 5.23. The van der Waals surface area contributed by atoms with Crippen LogP contribution in [-0.4, -0.2) is 56.0 Å². The van der Waals surface area contributed by atoms with E-state index in [1.807, 2.05) is 6.92 Å². The Hall–Kier alpha value is -1.19. The Morgan fingerprint density at radius 1 is 1.48 bits per heavy atom. The van der Waals surface area contributed by atoms with Gasteiger partial charge in [-0.1, -0.05) is 6.92 Å². The van der Waals surface area contributed by atoms with Crippen molar-refractivity contribution in [1.29, 1.82) is 0 Å². The van der Waals surface area contributed by atoms with Gasteiger partial charge in [-0.25, -0.2) is 0 Å². The Morgan fingerprint density at radius 2 is 2.14 bits per heavy atom. The molecule has 1 fully saturated rings. The molecule has 21 heavy (non-hydrogen) atoms. The predicted molar refractivity (Wildman–Crippen MR) is 74.7 cm³/mol. The molecule has 0 spiro atoms. The third kappa shape index (κ3) is 5.60. The molecule has 2 unspecified atom stereocenters. The van der Waals surface area contributed by atoms with Crippen LogP contribution in [0.25, 0.3) is 0 Å². The maximum Gasteiger partial charge on any atom is 0.321 e. The number of esters is 1. The summed E-state index contributed by atoms with van der Waals surface area (Å²) in [5.41, 5.74) is 0. The van der Waals surface area contributed by atoms with Gasteiger partial charge in [0.25, 0.3) is 10.2 Å². The zero-order valence-corrected chi connectivity index (χ0v) is 13.1. The Balaban J connectivity index is 2.68. The molecule has 0 saturated carbocycles. The van der Waals surface area contributed by atoms with E-state index in [-0.39, 0.29) is 18.8 Å². The normalized spacial score (nSPS) is 21.7. The summed E-state index contributed by atoms with van der Waals surface area (Å²) in [5.74, 6) is -1.65. The molecule has 1 saturated heterocycles. The summed E-state index contributed by atoms with van der Waals surface area (Å²) in [6, 6.07) is -1.34. The summed E-state index contributed by atoms with van der Waals surface area (Å²) in [6.07, 6.45) is 1.40. The van der Waals surface area contributed by atoms with Crippen molar-refractivity contribution in [3.63, 3.8) is 0 Å². The van der Waals surface area contributed by atoms with Crippen molar-refractivity contribution in [2.45, 2.75) is 38.6 Å². The van der Waals surface area contributed by atoms with E-state index in [0.29, 0.717) is 13.1 Å². The van der Waals surface area contributed by atoms with Crippen LogP contribution >= 0.6 is 0 Å². The molecule has 0 aliphatic carbocycles. The zero-order valence-electron chi connectivity index (χ0n) is 12.2. The number of carbonyl (C=O) groups excluding carboxylic acids is 1. The van der Waals surface area contributed by atoms with Gasteiger partial charge in [0.15, 0.2) is 0 Å². The number of aliphatic carboxylic acids is 1. The highest BCUT2D eigenvalue weighted by atomic mass is 32.2. The summed E-state index contributed by atoms with van der Waals surface area (Å²) >= 11 is 0. The summed E-state index contributed by atoms with van der Waals surface area (Å²) in [5, 5.41) is 9.07. The number of ether oxygens (including phenoxy) is 1. The lowest BCUT2D eigenvalue weighted by atomic mass is 10.0. The van der Waals surface area contributed by atoms with Crippen LogP contribution in [0.2, 0.25) is 0 Å². The third-order valence-electron chi connectivity index (χ3n) is 3.41. The lowest BCUT2D eigenvalue weighted by Gasteiger charge is -2.30. The average Bonchev–Trinajstić information content (AvgIpc) is 2.42. The van der Waals surface area contributed by atoms with Crippen LogP contribution in [-0.2, 0) is 24.5 Å². The van der Waals surface area contributed by atoms with E-state index >= 15 is 0 Å². The Labute approximate surface area is 124 Å². The van der Waals surface area contributed by atoms with Gasteiger partial charge < -0.3 is 9.84 Å². The number of hydrogen-bond acceptors (Lipinski definition) is 5. The molecule has 2 N–H and O–H groups in total. The lowest BCUT2D eigenvalue weighted by Crippen LogP contribution is -2.51. The van der Waals surface area contributed by atoms with Crippen LogP contribution in [0.3, 0.4) is 0 Å². The minimum absolute atomic E-state index is 0.148. The summed E-state index contributed by atoms with van der Waals surface area (Å²) < 4.78 is 32.2. The number of rotatable bonds is 7. The van der Waals surface area contributed by atoms with E-state index in [1.165, 1.54) is 11.4 Å². The highest BCUT2D eigenvalue weighted by Crippen LogP contribution is 2.18. The first-order valence-corrected chi connectivity index (χ1v) is 8.27. The first-order chi connectivity index (χ1) is 9.76. The SMILES string of the molecule is COC(=O)CCC(NS(=O)(=O)N1CCCC(C)C1)C(=O)O. The predicted octanol–water partition coefficient (Wildman–Crippen LogP) is -0.0409. The largest absolute Gasteiger partial charge is 0.480 e. The smallest absolute Gasteiger partial charge is 0.321 e. The summed E-state index contributed by atoms with van der Waals surface area (Å²) in [4.78, 5) is 22.2. The van der Waals surface area contributed by atoms with Gasteiger partial charge in [-0.3, -0.25) is 9.59 Å².